The lowest BCUT2D eigenvalue weighted by Gasteiger charge is -2.06. The van der Waals surface area contributed by atoms with Gasteiger partial charge in [0.2, 0.25) is 5.78 Å². The SMILES string of the molecule is COC(=O)C1=C(c2ccccc2Cl)OCC1=O. The molecule has 2 rings (SSSR count). The fraction of sp³-hybridized carbons (Fsp3) is 0.167. The lowest BCUT2D eigenvalue weighted by molar-refractivity contribution is -0.137. The fourth-order valence-electron chi connectivity index (χ4n) is 1.58. The highest BCUT2D eigenvalue weighted by molar-refractivity contribution is 6.33. The number of methoxy groups -OCH3 is 1. The van der Waals surface area contributed by atoms with Gasteiger partial charge < -0.3 is 9.47 Å². The van der Waals surface area contributed by atoms with Crippen LogP contribution in [0.4, 0.5) is 0 Å². The first-order chi connectivity index (χ1) is 8.15. The number of hydrogen-bond donors (Lipinski definition) is 0. The van der Waals surface area contributed by atoms with Crippen molar-refractivity contribution in [2.75, 3.05) is 13.7 Å². The van der Waals surface area contributed by atoms with Gasteiger partial charge in [-0.15, -0.1) is 0 Å². The number of Topliss-reactive ketones (excluding diaryl/α,β-unsaturated/α-hetero) is 1. The van der Waals surface area contributed by atoms with Crippen molar-refractivity contribution in [2.45, 2.75) is 0 Å². The minimum absolute atomic E-state index is 0.0828. The molecule has 5 heteroatoms. The Morgan fingerprint density at radius 1 is 1.41 bits per heavy atom. The summed E-state index contributed by atoms with van der Waals surface area (Å²) in [6, 6.07) is 6.83. The normalized spacial score (nSPS) is 14.8. The van der Waals surface area contributed by atoms with Crippen LogP contribution in [0, 0.1) is 0 Å². The summed E-state index contributed by atoms with van der Waals surface area (Å²) in [5, 5.41) is 0.415. The number of esters is 1. The maximum absolute atomic E-state index is 11.5. The van der Waals surface area contributed by atoms with Crippen LogP contribution in [0.5, 0.6) is 0 Å². The summed E-state index contributed by atoms with van der Waals surface area (Å²) in [7, 11) is 1.21. The zero-order valence-electron chi connectivity index (χ0n) is 9.03. The molecule has 0 aromatic heterocycles. The van der Waals surface area contributed by atoms with E-state index in [2.05, 4.69) is 4.74 Å². The smallest absolute Gasteiger partial charge is 0.345 e. The number of carbonyl (C=O) groups is 2. The van der Waals surface area contributed by atoms with Crippen LogP contribution in [-0.4, -0.2) is 25.5 Å². The van der Waals surface area contributed by atoms with E-state index in [9.17, 15) is 9.59 Å². The van der Waals surface area contributed by atoms with Gasteiger partial charge in [-0.3, -0.25) is 4.79 Å². The molecule has 0 bridgehead atoms. The highest BCUT2D eigenvalue weighted by Gasteiger charge is 2.33. The molecule has 1 heterocycles. The Bertz CT molecular complexity index is 519. The highest BCUT2D eigenvalue weighted by Crippen LogP contribution is 2.31. The predicted molar refractivity (Wildman–Crippen MR) is 61.3 cm³/mol. The van der Waals surface area contributed by atoms with Crippen LogP contribution in [0.25, 0.3) is 5.76 Å². The fourth-order valence-corrected chi connectivity index (χ4v) is 1.80. The van der Waals surface area contributed by atoms with Crippen LogP contribution in [0.2, 0.25) is 5.02 Å². The Morgan fingerprint density at radius 2 is 2.12 bits per heavy atom. The van der Waals surface area contributed by atoms with Gasteiger partial charge in [0, 0.05) is 5.56 Å². The van der Waals surface area contributed by atoms with Gasteiger partial charge in [-0.05, 0) is 12.1 Å². The van der Waals surface area contributed by atoms with E-state index in [1.807, 2.05) is 0 Å². The van der Waals surface area contributed by atoms with Crippen LogP contribution < -0.4 is 0 Å². The number of rotatable bonds is 2. The predicted octanol–water partition coefficient (Wildman–Crippen LogP) is 1.82. The number of carbonyl (C=O) groups excluding carboxylic acids is 2. The molecule has 0 fully saturated rings. The molecule has 0 saturated heterocycles. The van der Waals surface area contributed by atoms with E-state index in [0.29, 0.717) is 10.6 Å². The van der Waals surface area contributed by atoms with E-state index in [1.54, 1.807) is 24.3 Å². The molecule has 0 amide bonds. The number of benzene rings is 1. The van der Waals surface area contributed by atoms with Crippen molar-refractivity contribution < 1.29 is 19.1 Å². The average Bonchev–Trinajstić information content (AvgIpc) is 2.71. The molecular formula is C12H9ClO4. The minimum Gasteiger partial charge on any atom is -0.484 e. The summed E-state index contributed by atoms with van der Waals surface area (Å²) in [6.07, 6.45) is 0. The summed E-state index contributed by atoms with van der Waals surface area (Å²) < 4.78 is 9.77. The molecule has 88 valence electrons. The van der Waals surface area contributed by atoms with E-state index in [-0.39, 0.29) is 17.9 Å². The molecule has 1 aliphatic rings. The summed E-state index contributed by atoms with van der Waals surface area (Å²) in [4.78, 5) is 23.0. The third kappa shape index (κ3) is 2.03. The van der Waals surface area contributed by atoms with E-state index in [1.165, 1.54) is 7.11 Å². The number of halogens is 1. The Balaban J connectivity index is 2.56. The van der Waals surface area contributed by atoms with Gasteiger partial charge in [-0.1, -0.05) is 23.7 Å². The molecule has 0 spiro atoms. The molecule has 4 nitrogen and oxygen atoms in total. The van der Waals surface area contributed by atoms with Gasteiger partial charge in [0.05, 0.1) is 12.1 Å². The lowest BCUT2D eigenvalue weighted by Crippen LogP contribution is -2.13. The third-order valence-corrected chi connectivity index (χ3v) is 2.69. The molecule has 0 atom stereocenters. The molecule has 0 radical (unpaired) electrons. The van der Waals surface area contributed by atoms with Crippen molar-refractivity contribution in [3.8, 4) is 0 Å². The molecule has 0 N–H and O–H groups in total. The molecule has 0 unspecified atom stereocenters. The molecule has 0 saturated carbocycles. The molecule has 1 aliphatic heterocycles. The number of hydrogen-bond acceptors (Lipinski definition) is 4. The largest absolute Gasteiger partial charge is 0.484 e. The molecule has 1 aromatic carbocycles. The zero-order chi connectivity index (χ0) is 12.4. The number of ketones is 1. The molecule has 1 aromatic rings. The second-order valence-electron chi connectivity index (χ2n) is 3.39. The van der Waals surface area contributed by atoms with Gasteiger partial charge in [-0.2, -0.15) is 0 Å². The lowest BCUT2D eigenvalue weighted by atomic mass is 10.1. The van der Waals surface area contributed by atoms with Gasteiger partial charge in [-0.25, -0.2) is 4.79 Å². The van der Waals surface area contributed by atoms with Crippen LogP contribution in [0.15, 0.2) is 29.8 Å². The molecule has 17 heavy (non-hydrogen) atoms. The summed E-state index contributed by atoms with van der Waals surface area (Å²) in [6.45, 7) is -0.162. The second kappa shape index (κ2) is 4.59. The maximum Gasteiger partial charge on any atom is 0.345 e. The first kappa shape index (κ1) is 11.7. The van der Waals surface area contributed by atoms with Crippen molar-refractivity contribution in [1.29, 1.82) is 0 Å². The number of ether oxygens (including phenoxy) is 2. The summed E-state index contributed by atoms with van der Waals surface area (Å²) in [5.74, 6) is -0.915. The van der Waals surface area contributed by atoms with Gasteiger partial charge >= 0.3 is 5.97 Å². The van der Waals surface area contributed by atoms with Crippen LogP contribution in [0.3, 0.4) is 0 Å². The third-order valence-electron chi connectivity index (χ3n) is 2.36. The zero-order valence-corrected chi connectivity index (χ0v) is 9.78. The maximum atomic E-state index is 11.5. The van der Waals surface area contributed by atoms with Crippen LogP contribution >= 0.6 is 11.6 Å². The van der Waals surface area contributed by atoms with E-state index >= 15 is 0 Å². The Hall–Kier alpha value is -1.81. The second-order valence-corrected chi connectivity index (χ2v) is 3.79. The van der Waals surface area contributed by atoms with Crippen LogP contribution in [-0.2, 0) is 19.1 Å². The highest BCUT2D eigenvalue weighted by atomic mass is 35.5. The molecule has 0 aliphatic carbocycles. The van der Waals surface area contributed by atoms with Crippen molar-refractivity contribution in [1.82, 2.24) is 0 Å². The van der Waals surface area contributed by atoms with Crippen molar-refractivity contribution >= 4 is 29.1 Å². The monoisotopic (exact) mass is 252 g/mol. The topological polar surface area (TPSA) is 52.6 Å². The summed E-state index contributed by atoms with van der Waals surface area (Å²) in [5.41, 5.74) is 0.431. The van der Waals surface area contributed by atoms with Gasteiger partial charge in [0.15, 0.2) is 6.61 Å². The summed E-state index contributed by atoms with van der Waals surface area (Å²) >= 11 is 5.99. The Kier molecular flexibility index (Phi) is 3.15. The van der Waals surface area contributed by atoms with E-state index < -0.39 is 11.8 Å². The van der Waals surface area contributed by atoms with Crippen molar-refractivity contribution in [3.05, 3.63) is 40.4 Å². The average molecular weight is 253 g/mol. The van der Waals surface area contributed by atoms with Crippen molar-refractivity contribution in [3.63, 3.8) is 0 Å². The van der Waals surface area contributed by atoms with Gasteiger partial charge in [0.25, 0.3) is 0 Å². The minimum atomic E-state index is -0.706. The Morgan fingerprint density at radius 3 is 2.76 bits per heavy atom. The first-order valence-electron chi connectivity index (χ1n) is 4.88. The van der Waals surface area contributed by atoms with Gasteiger partial charge in [0.1, 0.15) is 11.3 Å². The quantitative estimate of drug-likeness (QED) is 0.595. The molecular weight excluding hydrogens is 244 g/mol. The van der Waals surface area contributed by atoms with E-state index in [0.717, 1.165) is 0 Å². The standard InChI is InChI=1S/C12H9ClO4/c1-16-12(15)10-9(14)6-17-11(10)7-4-2-3-5-8(7)13/h2-5H,6H2,1H3. The van der Waals surface area contributed by atoms with E-state index in [4.69, 9.17) is 16.3 Å². The Labute approximate surface area is 103 Å². The van der Waals surface area contributed by atoms with Crippen molar-refractivity contribution in [2.24, 2.45) is 0 Å². The van der Waals surface area contributed by atoms with Crippen LogP contribution in [0.1, 0.15) is 5.56 Å². The first-order valence-corrected chi connectivity index (χ1v) is 5.26.